The average molecular weight is 244 g/mol. The van der Waals surface area contributed by atoms with E-state index >= 15 is 0 Å². The van der Waals surface area contributed by atoms with Crippen molar-refractivity contribution in [3.8, 4) is 0 Å². The topological polar surface area (TPSA) is 26.3 Å². The zero-order valence-corrected chi connectivity index (χ0v) is 8.91. The van der Waals surface area contributed by atoms with Gasteiger partial charge in [0.05, 0.1) is 0 Å². The Kier molecular flexibility index (Phi) is 4.31. The third-order valence-electron chi connectivity index (χ3n) is 2.03. The summed E-state index contributed by atoms with van der Waals surface area (Å²) in [6.07, 6.45) is -4.40. The van der Waals surface area contributed by atoms with Crippen molar-refractivity contribution in [1.82, 2.24) is 0 Å². The normalized spacial score (nSPS) is 12.9. The Bertz CT molecular complexity index is 384. The fourth-order valence-corrected chi connectivity index (χ4v) is 1.27. The summed E-state index contributed by atoms with van der Waals surface area (Å²) in [4.78, 5) is 10.7. The lowest BCUT2D eigenvalue weighted by Crippen LogP contribution is -2.27. The molecule has 0 amide bonds. The second-order valence-corrected chi connectivity index (χ2v) is 3.33. The van der Waals surface area contributed by atoms with Gasteiger partial charge in [0, 0.05) is 6.42 Å². The van der Waals surface area contributed by atoms with E-state index in [1.165, 1.54) is 6.08 Å². The number of halogens is 3. The zero-order valence-electron chi connectivity index (χ0n) is 8.91. The molecule has 0 spiro atoms. The number of hydrogen-bond acceptors (Lipinski definition) is 2. The molecule has 0 bridgehead atoms. The number of alkyl halides is 3. The Morgan fingerprint density at radius 3 is 2.41 bits per heavy atom. The minimum absolute atomic E-state index is 0.131. The first-order valence-corrected chi connectivity index (χ1v) is 4.89. The van der Waals surface area contributed by atoms with Crippen LogP contribution in [0.1, 0.15) is 18.1 Å². The molecule has 5 heteroatoms. The van der Waals surface area contributed by atoms with Crippen LogP contribution in [0.15, 0.2) is 43.0 Å². The highest BCUT2D eigenvalue weighted by atomic mass is 19.4. The van der Waals surface area contributed by atoms with Gasteiger partial charge >= 0.3 is 12.1 Å². The maximum Gasteiger partial charge on any atom is 0.490 e. The molecule has 0 fully saturated rings. The fourth-order valence-electron chi connectivity index (χ4n) is 1.27. The summed E-state index contributed by atoms with van der Waals surface area (Å²) in [5.41, 5.74) is 0.505. The van der Waals surface area contributed by atoms with E-state index in [-0.39, 0.29) is 6.42 Å². The van der Waals surface area contributed by atoms with E-state index in [0.717, 1.165) is 0 Å². The molecule has 0 aliphatic heterocycles. The van der Waals surface area contributed by atoms with Crippen LogP contribution in [0.4, 0.5) is 13.2 Å². The number of ether oxygens (including phenoxy) is 1. The Morgan fingerprint density at radius 1 is 1.35 bits per heavy atom. The predicted molar refractivity (Wildman–Crippen MR) is 56.1 cm³/mol. The van der Waals surface area contributed by atoms with Crippen molar-refractivity contribution < 1.29 is 22.7 Å². The lowest BCUT2D eigenvalue weighted by Gasteiger charge is -2.17. The molecule has 92 valence electrons. The van der Waals surface area contributed by atoms with Crippen LogP contribution < -0.4 is 0 Å². The summed E-state index contributed by atoms with van der Waals surface area (Å²) in [7, 11) is 0. The summed E-state index contributed by atoms with van der Waals surface area (Å²) >= 11 is 0. The summed E-state index contributed by atoms with van der Waals surface area (Å²) in [6.45, 7) is 3.42. The third kappa shape index (κ3) is 3.94. The molecule has 1 unspecified atom stereocenters. The lowest BCUT2D eigenvalue weighted by molar-refractivity contribution is -0.205. The molecule has 0 saturated carbocycles. The lowest BCUT2D eigenvalue weighted by atomic mass is 10.1. The van der Waals surface area contributed by atoms with Gasteiger partial charge in [0.1, 0.15) is 6.10 Å². The van der Waals surface area contributed by atoms with E-state index in [9.17, 15) is 18.0 Å². The van der Waals surface area contributed by atoms with Gasteiger partial charge < -0.3 is 4.74 Å². The first-order chi connectivity index (χ1) is 7.95. The van der Waals surface area contributed by atoms with Crippen LogP contribution in [-0.2, 0) is 9.53 Å². The van der Waals surface area contributed by atoms with Crippen molar-refractivity contribution in [2.45, 2.75) is 18.7 Å². The van der Waals surface area contributed by atoms with Crippen LogP contribution >= 0.6 is 0 Å². The molecule has 1 aromatic rings. The smallest absolute Gasteiger partial charge is 0.451 e. The van der Waals surface area contributed by atoms with Crippen LogP contribution in [0.3, 0.4) is 0 Å². The van der Waals surface area contributed by atoms with E-state index in [1.807, 2.05) is 0 Å². The summed E-state index contributed by atoms with van der Waals surface area (Å²) < 4.78 is 40.6. The van der Waals surface area contributed by atoms with E-state index in [4.69, 9.17) is 0 Å². The van der Waals surface area contributed by atoms with Gasteiger partial charge in [-0.2, -0.15) is 13.2 Å². The van der Waals surface area contributed by atoms with Gasteiger partial charge in [-0.15, -0.1) is 6.58 Å². The number of rotatable bonds is 4. The van der Waals surface area contributed by atoms with Crippen LogP contribution in [0.2, 0.25) is 0 Å². The number of esters is 1. The molecule has 2 nitrogen and oxygen atoms in total. The molecule has 1 rings (SSSR count). The Hall–Kier alpha value is -1.78. The van der Waals surface area contributed by atoms with Gasteiger partial charge in [0.25, 0.3) is 0 Å². The molecule has 0 N–H and O–H groups in total. The Morgan fingerprint density at radius 2 is 1.94 bits per heavy atom. The number of carbonyl (C=O) groups excluding carboxylic acids is 1. The van der Waals surface area contributed by atoms with Gasteiger partial charge in [0.2, 0.25) is 0 Å². The highest BCUT2D eigenvalue weighted by molar-refractivity contribution is 5.75. The maximum atomic E-state index is 12.1. The molecular weight excluding hydrogens is 233 g/mol. The summed E-state index contributed by atoms with van der Waals surface area (Å²) in [5.74, 6) is -2.19. The molecular formula is C12H11F3O2. The van der Waals surface area contributed by atoms with Crippen LogP contribution in [0, 0.1) is 0 Å². The van der Waals surface area contributed by atoms with Crippen molar-refractivity contribution >= 4 is 5.97 Å². The minimum atomic E-state index is -4.98. The second kappa shape index (κ2) is 5.52. The van der Waals surface area contributed by atoms with E-state index in [2.05, 4.69) is 11.3 Å². The fraction of sp³-hybridized carbons (Fsp3) is 0.250. The summed E-state index contributed by atoms with van der Waals surface area (Å²) in [5, 5.41) is 0. The molecule has 0 heterocycles. The largest absolute Gasteiger partial charge is 0.490 e. The monoisotopic (exact) mass is 244 g/mol. The minimum Gasteiger partial charge on any atom is -0.451 e. The van der Waals surface area contributed by atoms with Gasteiger partial charge in [0.15, 0.2) is 0 Å². The van der Waals surface area contributed by atoms with Gasteiger partial charge in [-0.1, -0.05) is 36.4 Å². The van der Waals surface area contributed by atoms with Crippen molar-refractivity contribution in [2.24, 2.45) is 0 Å². The first-order valence-electron chi connectivity index (χ1n) is 4.89. The number of carbonyl (C=O) groups is 1. The molecule has 0 aliphatic carbocycles. The van der Waals surface area contributed by atoms with Crippen molar-refractivity contribution in [3.63, 3.8) is 0 Å². The van der Waals surface area contributed by atoms with Crippen LogP contribution in [0.5, 0.6) is 0 Å². The van der Waals surface area contributed by atoms with Crippen LogP contribution in [0.25, 0.3) is 0 Å². The highest BCUT2D eigenvalue weighted by Gasteiger charge is 2.42. The molecule has 1 atom stereocenters. The van der Waals surface area contributed by atoms with E-state index < -0.39 is 18.2 Å². The van der Waals surface area contributed by atoms with Crippen molar-refractivity contribution in [1.29, 1.82) is 0 Å². The molecule has 0 saturated heterocycles. The zero-order chi connectivity index (χ0) is 12.9. The van der Waals surface area contributed by atoms with Gasteiger partial charge in [-0.25, -0.2) is 4.79 Å². The Labute approximate surface area is 96.7 Å². The van der Waals surface area contributed by atoms with Crippen molar-refractivity contribution in [3.05, 3.63) is 48.6 Å². The first kappa shape index (κ1) is 13.3. The second-order valence-electron chi connectivity index (χ2n) is 3.33. The third-order valence-corrected chi connectivity index (χ3v) is 2.03. The molecule has 0 aromatic heterocycles. The van der Waals surface area contributed by atoms with Crippen LogP contribution in [-0.4, -0.2) is 12.1 Å². The molecule has 1 aromatic carbocycles. The summed E-state index contributed by atoms with van der Waals surface area (Å²) in [6, 6.07) is 8.23. The van der Waals surface area contributed by atoms with E-state index in [1.54, 1.807) is 30.3 Å². The highest BCUT2D eigenvalue weighted by Crippen LogP contribution is 2.26. The average Bonchev–Trinajstić information content (AvgIpc) is 2.28. The molecule has 17 heavy (non-hydrogen) atoms. The molecule has 0 aliphatic rings. The number of hydrogen-bond donors (Lipinski definition) is 0. The molecule has 0 radical (unpaired) electrons. The quantitative estimate of drug-likeness (QED) is 0.599. The number of benzene rings is 1. The SMILES string of the molecule is C=CCC(OC(=O)C(F)(F)F)c1ccccc1. The van der Waals surface area contributed by atoms with Gasteiger partial charge in [-0.05, 0) is 5.56 Å². The van der Waals surface area contributed by atoms with Crippen molar-refractivity contribution in [2.75, 3.05) is 0 Å². The predicted octanol–water partition coefficient (Wildman–Crippen LogP) is 3.41. The van der Waals surface area contributed by atoms with Gasteiger partial charge in [-0.3, -0.25) is 0 Å². The van der Waals surface area contributed by atoms with E-state index in [0.29, 0.717) is 5.56 Å². The maximum absolute atomic E-state index is 12.1. The Balaban J connectivity index is 2.81. The standard InChI is InChI=1S/C12H11F3O2/c1-2-6-10(9-7-4-3-5-8-9)17-11(16)12(13,14)15/h2-5,7-8,10H,1,6H2.